The van der Waals surface area contributed by atoms with E-state index in [2.05, 4.69) is 103 Å². The molecule has 1 aliphatic rings. The maximum Gasteiger partial charge on any atom is 0.177 e. The standard InChI is InChI=1S/C38H22O3/c1-2-10-26-23(8-1)9-7-13-27(26)24-16-18-29-30-19-17-25(21-36(30)40-35(29)20-24)32-22-37-38(31-12-4-3-11-28(31)32)41-34-15-6-5-14-33(34)39-37/h1-22H. The lowest BCUT2D eigenvalue weighted by atomic mass is 9.95. The molecule has 0 atom stereocenters. The Labute approximate surface area is 235 Å². The van der Waals surface area contributed by atoms with Crippen molar-refractivity contribution in [2.24, 2.45) is 0 Å². The topological polar surface area (TPSA) is 31.6 Å². The lowest BCUT2D eigenvalue weighted by molar-refractivity contribution is 0.363. The maximum absolute atomic E-state index is 6.50. The fraction of sp³-hybridized carbons (Fsp3) is 0. The first-order valence-corrected chi connectivity index (χ1v) is 13.8. The van der Waals surface area contributed by atoms with Gasteiger partial charge in [-0.1, -0.05) is 91.0 Å². The molecule has 0 saturated heterocycles. The Hall–Kier alpha value is -5.54. The summed E-state index contributed by atoms with van der Waals surface area (Å²) in [5.41, 5.74) is 6.22. The normalized spacial score (nSPS) is 12.3. The van der Waals surface area contributed by atoms with Crippen molar-refractivity contribution in [3.05, 3.63) is 133 Å². The summed E-state index contributed by atoms with van der Waals surface area (Å²) in [6, 6.07) is 46.1. The Morgan fingerprint density at radius 2 is 0.976 bits per heavy atom. The van der Waals surface area contributed by atoms with Crippen molar-refractivity contribution in [3.8, 4) is 45.3 Å². The summed E-state index contributed by atoms with van der Waals surface area (Å²) in [6.07, 6.45) is 0. The molecule has 0 aliphatic carbocycles. The SMILES string of the molecule is c1ccc2c(c1)Oc1cc(-c3ccc4c(c3)oc3cc(-c5cccc6ccccc56)ccc34)c3ccccc3c1O2. The first-order valence-electron chi connectivity index (χ1n) is 13.8. The van der Waals surface area contributed by atoms with Crippen molar-refractivity contribution in [3.63, 3.8) is 0 Å². The molecule has 3 nitrogen and oxygen atoms in total. The lowest BCUT2D eigenvalue weighted by Crippen LogP contribution is -2.00. The molecule has 0 amide bonds. The molecule has 3 heteroatoms. The van der Waals surface area contributed by atoms with Crippen LogP contribution in [-0.4, -0.2) is 0 Å². The fourth-order valence-corrected chi connectivity index (χ4v) is 6.18. The van der Waals surface area contributed by atoms with Gasteiger partial charge < -0.3 is 13.9 Å². The highest BCUT2D eigenvalue weighted by molar-refractivity contribution is 6.09. The largest absolute Gasteiger partial charge is 0.456 e. The van der Waals surface area contributed by atoms with Gasteiger partial charge in [-0.25, -0.2) is 0 Å². The van der Waals surface area contributed by atoms with E-state index in [1.54, 1.807) is 0 Å². The molecule has 41 heavy (non-hydrogen) atoms. The molecule has 7 aromatic carbocycles. The Balaban J connectivity index is 1.20. The average molecular weight is 527 g/mol. The molecule has 1 aliphatic heterocycles. The van der Waals surface area contributed by atoms with Gasteiger partial charge >= 0.3 is 0 Å². The quantitative estimate of drug-likeness (QED) is 0.224. The van der Waals surface area contributed by atoms with E-state index in [1.807, 2.05) is 30.3 Å². The highest BCUT2D eigenvalue weighted by Crippen LogP contribution is 2.51. The average Bonchev–Trinajstić information content (AvgIpc) is 3.40. The third kappa shape index (κ3) is 3.39. The van der Waals surface area contributed by atoms with E-state index < -0.39 is 0 Å². The van der Waals surface area contributed by atoms with Crippen LogP contribution < -0.4 is 9.47 Å². The van der Waals surface area contributed by atoms with Crippen LogP contribution in [0.15, 0.2) is 138 Å². The van der Waals surface area contributed by atoms with Crippen molar-refractivity contribution in [2.75, 3.05) is 0 Å². The van der Waals surface area contributed by atoms with Gasteiger partial charge in [0.05, 0.1) is 0 Å². The van der Waals surface area contributed by atoms with E-state index in [9.17, 15) is 0 Å². The number of hydrogen-bond acceptors (Lipinski definition) is 3. The van der Waals surface area contributed by atoms with Crippen LogP contribution in [0.5, 0.6) is 23.0 Å². The second-order valence-corrected chi connectivity index (χ2v) is 10.5. The first kappa shape index (κ1) is 22.3. The Morgan fingerprint density at radius 3 is 1.76 bits per heavy atom. The molecule has 0 bridgehead atoms. The molecule has 192 valence electrons. The number of para-hydroxylation sites is 2. The summed E-state index contributed by atoms with van der Waals surface area (Å²) < 4.78 is 19.1. The zero-order valence-corrected chi connectivity index (χ0v) is 21.9. The number of benzene rings is 7. The zero-order valence-electron chi connectivity index (χ0n) is 21.9. The molecule has 0 fully saturated rings. The molecule has 8 aromatic rings. The molecule has 9 rings (SSSR count). The highest BCUT2D eigenvalue weighted by atomic mass is 16.6. The van der Waals surface area contributed by atoms with Crippen molar-refractivity contribution in [1.82, 2.24) is 0 Å². The molecular formula is C38H22O3. The molecule has 0 N–H and O–H groups in total. The zero-order chi connectivity index (χ0) is 26.9. The predicted molar refractivity (Wildman–Crippen MR) is 166 cm³/mol. The van der Waals surface area contributed by atoms with Crippen molar-refractivity contribution in [1.29, 1.82) is 0 Å². The van der Waals surface area contributed by atoms with Crippen molar-refractivity contribution >= 4 is 43.5 Å². The first-order chi connectivity index (χ1) is 20.3. The summed E-state index contributed by atoms with van der Waals surface area (Å²) in [6.45, 7) is 0. The summed E-state index contributed by atoms with van der Waals surface area (Å²) in [5.74, 6) is 2.90. The second kappa shape index (κ2) is 8.48. The van der Waals surface area contributed by atoms with Gasteiger partial charge in [0.2, 0.25) is 0 Å². The molecular weight excluding hydrogens is 504 g/mol. The fourth-order valence-electron chi connectivity index (χ4n) is 6.18. The highest BCUT2D eigenvalue weighted by Gasteiger charge is 2.23. The van der Waals surface area contributed by atoms with E-state index >= 15 is 0 Å². The summed E-state index contributed by atoms with van der Waals surface area (Å²) in [7, 11) is 0. The van der Waals surface area contributed by atoms with Crippen LogP contribution in [0.4, 0.5) is 0 Å². The number of ether oxygens (including phenoxy) is 2. The van der Waals surface area contributed by atoms with Crippen LogP contribution in [-0.2, 0) is 0 Å². The minimum absolute atomic E-state index is 0.710. The number of fused-ring (bicyclic) bond motifs is 8. The van der Waals surface area contributed by atoms with Crippen LogP contribution in [0.25, 0.3) is 65.7 Å². The smallest absolute Gasteiger partial charge is 0.177 e. The lowest BCUT2D eigenvalue weighted by Gasteiger charge is -2.23. The molecule has 0 radical (unpaired) electrons. The summed E-state index contributed by atoms with van der Waals surface area (Å²) >= 11 is 0. The summed E-state index contributed by atoms with van der Waals surface area (Å²) in [5, 5.41) is 6.79. The van der Waals surface area contributed by atoms with Crippen LogP contribution in [0.1, 0.15) is 0 Å². The maximum atomic E-state index is 6.50. The van der Waals surface area contributed by atoms with Gasteiger partial charge in [0.15, 0.2) is 23.0 Å². The van der Waals surface area contributed by atoms with Crippen molar-refractivity contribution in [2.45, 2.75) is 0 Å². The van der Waals surface area contributed by atoms with E-state index in [-0.39, 0.29) is 0 Å². The third-order valence-corrected chi connectivity index (χ3v) is 8.13. The molecule has 1 aromatic heterocycles. The van der Waals surface area contributed by atoms with E-state index in [1.165, 1.54) is 16.3 Å². The van der Waals surface area contributed by atoms with E-state index in [0.717, 1.165) is 66.6 Å². The van der Waals surface area contributed by atoms with Gasteiger partial charge in [0.25, 0.3) is 0 Å². The monoisotopic (exact) mass is 526 g/mol. The number of hydrogen-bond donors (Lipinski definition) is 0. The minimum atomic E-state index is 0.710. The van der Waals surface area contributed by atoms with Crippen LogP contribution in [0.3, 0.4) is 0 Å². The minimum Gasteiger partial charge on any atom is -0.456 e. The van der Waals surface area contributed by atoms with Gasteiger partial charge in [-0.2, -0.15) is 0 Å². The Morgan fingerprint density at radius 1 is 0.366 bits per heavy atom. The molecule has 0 spiro atoms. The van der Waals surface area contributed by atoms with E-state index in [4.69, 9.17) is 13.9 Å². The molecule has 0 unspecified atom stereocenters. The van der Waals surface area contributed by atoms with Gasteiger partial charge in [0, 0.05) is 16.2 Å². The van der Waals surface area contributed by atoms with Gasteiger partial charge in [-0.15, -0.1) is 0 Å². The summed E-state index contributed by atoms with van der Waals surface area (Å²) in [4.78, 5) is 0. The van der Waals surface area contributed by atoms with Gasteiger partial charge in [-0.3, -0.25) is 0 Å². The van der Waals surface area contributed by atoms with Crippen LogP contribution >= 0.6 is 0 Å². The van der Waals surface area contributed by atoms with Crippen LogP contribution in [0, 0.1) is 0 Å². The Bertz CT molecular complexity index is 2320. The number of rotatable bonds is 2. The van der Waals surface area contributed by atoms with Gasteiger partial charge in [-0.05, 0) is 80.9 Å². The predicted octanol–water partition coefficient (Wildman–Crippen LogP) is 11.1. The van der Waals surface area contributed by atoms with Crippen LogP contribution in [0.2, 0.25) is 0 Å². The Kier molecular flexibility index (Phi) is 4.61. The third-order valence-electron chi connectivity index (χ3n) is 8.13. The molecule has 0 saturated carbocycles. The molecule has 2 heterocycles. The van der Waals surface area contributed by atoms with Crippen molar-refractivity contribution < 1.29 is 13.9 Å². The van der Waals surface area contributed by atoms with E-state index in [0.29, 0.717) is 5.75 Å². The second-order valence-electron chi connectivity index (χ2n) is 10.5. The van der Waals surface area contributed by atoms with Gasteiger partial charge in [0.1, 0.15) is 11.2 Å². The number of furan rings is 1.